The maximum Gasteiger partial charge on any atom is 0.137 e. The van der Waals surface area contributed by atoms with Crippen LogP contribution in [0.15, 0.2) is 18.3 Å². The van der Waals surface area contributed by atoms with Crippen LogP contribution in [0.25, 0.3) is 0 Å². The summed E-state index contributed by atoms with van der Waals surface area (Å²) in [6.45, 7) is 1.23. The third kappa shape index (κ3) is 3.18. The number of rotatable bonds is 6. The topological polar surface area (TPSA) is 71.9 Å². The van der Waals surface area contributed by atoms with E-state index in [1.54, 1.807) is 6.20 Å². The highest BCUT2D eigenvalue weighted by Gasteiger charge is 2.43. The van der Waals surface area contributed by atoms with Crippen molar-refractivity contribution < 1.29 is 4.74 Å². The number of ether oxygens (including phenoxy) is 1. The van der Waals surface area contributed by atoms with Crippen LogP contribution in [-0.4, -0.2) is 18.1 Å². The van der Waals surface area contributed by atoms with Gasteiger partial charge in [0.05, 0.1) is 18.9 Å². The third-order valence-corrected chi connectivity index (χ3v) is 3.15. The van der Waals surface area contributed by atoms with Gasteiger partial charge in [-0.15, -0.1) is 0 Å². The van der Waals surface area contributed by atoms with Gasteiger partial charge in [0.15, 0.2) is 0 Å². The number of nitrogens with two attached hydrogens (primary N) is 1. The van der Waals surface area contributed by atoms with Crippen LogP contribution < -0.4 is 10.5 Å². The minimum atomic E-state index is 0.116. The van der Waals surface area contributed by atoms with Crippen molar-refractivity contribution in [3.05, 3.63) is 24.0 Å². The Kier molecular flexibility index (Phi) is 3.60. The fourth-order valence-electron chi connectivity index (χ4n) is 1.75. The molecule has 0 radical (unpaired) electrons. The molecule has 1 heterocycles. The van der Waals surface area contributed by atoms with Gasteiger partial charge < -0.3 is 10.5 Å². The van der Waals surface area contributed by atoms with Crippen molar-refractivity contribution in [2.24, 2.45) is 11.1 Å². The fraction of sp³-hybridized carbons (Fsp3) is 0.538. The van der Waals surface area contributed by atoms with Crippen LogP contribution in [0.5, 0.6) is 5.75 Å². The Bertz CT molecular complexity index is 404. The van der Waals surface area contributed by atoms with Crippen LogP contribution >= 0.6 is 0 Å². The Morgan fingerprint density at radius 1 is 1.47 bits per heavy atom. The van der Waals surface area contributed by atoms with Crippen molar-refractivity contribution in [2.45, 2.75) is 25.7 Å². The first kappa shape index (κ1) is 11.9. The van der Waals surface area contributed by atoms with Crippen LogP contribution in [0.2, 0.25) is 0 Å². The largest absolute Gasteiger partial charge is 0.491 e. The van der Waals surface area contributed by atoms with Crippen molar-refractivity contribution in [1.82, 2.24) is 4.98 Å². The minimum absolute atomic E-state index is 0.116. The van der Waals surface area contributed by atoms with E-state index in [4.69, 9.17) is 15.7 Å². The van der Waals surface area contributed by atoms with E-state index in [-0.39, 0.29) is 5.41 Å². The Balaban J connectivity index is 1.85. The van der Waals surface area contributed by atoms with Gasteiger partial charge in [0, 0.05) is 24.0 Å². The molecule has 4 heteroatoms. The molecule has 1 aliphatic rings. The summed E-state index contributed by atoms with van der Waals surface area (Å²) < 4.78 is 5.67. The molecule has 2 rings (SSSR count). The molecule has 0 amide bonds. The predicted molar refractivity (Wildman–Crippen MR) is 64.4 cm³/mol. The summed E-state index contributed by atoms with van der Waals surface area (Å²) in [4.78, 5) is 4.27. The van der Waals surface area contributed by atoms with Gasteiger partial charge in [0.2, 0.25) is 0 Å². The highest BCUT2D eigenvalue weighted by atomic mass is 16.5. The lowest BCUT2D eigenvalue weighted by Crippen LogP contribution is -2.12. The van der Waals surface area contributed by atoms with Gasteiger partial charge in [0.25, 0.3) is 0 Å². The van der Waals surface area contributed by atoms with Crippen LogP contribution in [0.4, 0.5) is 0 Å². The van der Waals surface area contributed by atoms with E-state index < -0.39 is 0 Å². The molecule has 0 saturated heterocycles. The molecule has 2 N–H and O–H groups in total. The van der Waals surface area contributed by atoms with Crippen molar-refractivity contribution >= 4 is 0 Å². The quantitative estimate of drug-likeness (QED) is 0.808. The molecule has 1 aromatic heterocycles. The minimum Gasteiger partial charge on any atom is -0.491 e. The summed E-state index contributed by atoms with van der Waals surface area (Å²) in [6, 6.07) is 6.08. The molecule has 1 fully saturated rings. The van der Waals surface area contributed by atoms with Crippen LogP contribution in [-0.2, 0) is 6.42 Å². The molecule has 1 aromatic rings. The summed E-state index contributed by atoms with van der Waals surface area (Å²) in [7, 11) is 0. The highest BCUT2D eigenvalue weighted by Crippen LogP contribution is 2.48. The van der Waals surface area contributed by atoms with Crippen molar-refractivity contribution in [1.29, 1.82) is 5.26 Å². The molecule has 1 saturated carbocycles. The summed E-state index contributed by atoms with van der Waals surface area (Å²) in [6.07, 6.45) is 5.30. The van der Waals surface area contributed by atoms with E-state index in [9.17, 15) is 0 Å². The summed E-state index contributed by atoms with van der Waals surface area (Å²) in [5.74, 6) is 0.773. The van der Waals surface area contributed by atoms with Crippen LogP contribution in [0.1, 0.15) is 25.0 Å². The smallest absolute Gasteiger partial charge is 0.137 e. The zero-order valence-electron chi connectivity index (χ0n) is 9.85. The van der Waals surface area contributed by atoms with E-state index in [2.05, 4.69) is 11.1 Å². The van der Waals surface area contributed by atoms with E-state index in [1.807, 2.05) is 12.1 Å². The number of nitrogens with zero attached hydrogens (tertiary/aromatic N) is 2. The Hall–Kier alpha value is -1.60. The van der Waals surface area contributed by atoms with Gasteiger partial charge in [-0.25, -0.2) is 0 Å². The second-order valence-corrected chi connectivity index (χ2v) is 4.65. The van der Waals surface area contributed by atoms with Crippen LogP contribution in [0, 0.1) is 16.7 Å². The number of aromatic nitrogens is 1. The highest BCUT2D eigenvalue weighted by molar-refractivity contribution is 5.20. The second kappa shape index (κ2) is 5.15. The Labute approximate surface area is 101 Å². The molecule has 17 heavy (non-hydrogen) atoms. The molecule has 0 aliphatic heterocycles. The lowest BCUT2D eigenvalue weighted by molar-refractivity contribution is 0.236. The molecule has 0 spiro atoms. The number of hydrogen-bond acceptors (Lipinski definition) is 4. The van der Waals surface area contributed by atoms with E-state index in [1.165, 1.54) is 0 Å². The molecule has 90 valence electrons. The van der Waals surface area contributed by atoms with E-state index in [0.717, 1.165) is 30.7 Å². The Morgan fingerprint density at radius 2 is 2.29 bits per heavy atom. The Morgan fingerprint density at radius 3 is 2.82 bits per heavy atom. The van der Waals surface area contributed by atoms with Gasteiger partial charge in [-0.2, -0.15) is 5.26 Å². The van der Waals surface area contributed by atoms with Crippen molar-refractivity contribution in [2.75, 3.05) is 13.2 Å². The second-order valence-electron chi connectivity index (χ2n) is 4.65. The molecular formula is C13H17N3O. The lowest BCUT2D eigenvalue weighted by Gasteiger charge is -2.12. The van der Waals surface area contributed by atoms with Gasteiger partial charge >= 0.3 is 0 Å². The van der Waals surface area contributed by atoms with Crippen molar-refractivity contribution in [3.8, 4) is 11.8 Å². The molecule has 0 unspecified atom stereocenters. The number of pyridine rings is 1. The summed E-state index contributed by atoms with van der Waals surface area (Å²) >= 11 is 0. The fourth-order valence-corrected chi connectivity index (χ4v) is 1.75. The molecule has 4 nitrogen and oxygen atoms in total. The standard InChI is InChI=1S/C13H17N3O/c14-7-3-11-1-2-12(9-16-11)17-10-13(4-5-13)6-8-15/h1-2,9H,3-7,10,14H2. The number of hydrogen-bond donors (Lipinski definition) is 1. The van der Waals surface area contributed by atoms with E-state index >= 15 is 0 Å². The monoisotopic (exact) mass is 231 g/mol. The van der Waals surface area contributed by atoms with Crippen LogP contribution in [0.3, 0.4) is 0 Å². The maximum atomic E-state index is 8.70. The molecule has 0 atom stereocenters. The zero-order valence-corrected chi connectivity index (χ0v) is 9.85. The number of nitriles is 1. The zero-order chi connectivity index (χ0) is 12.1. The molecule has 0 aromatic carbocycles. The normalized spacial score (nSPS) is 16.2. The summed E-state index contributed by atoms with van der Waals surface area (Å²) in [5, 5.41) is 8.70. The average Bonchev–Trinajstić information content (AvgIpc) is 3.10. The SMILES string of the molecule is N#CCC1(COc2ccc(CCN)nc2)CC1. The van der Waals surface area contributed by atoms with E-state index in [0.29, 0.717) is 19.6 Å². The summed E-state index contributed by atoms with van der Waals surface area (Å²) in [5.41, 5.74) is 6.55. The average molecular weight is 231 g/mol. The molecule has 0 bridgehead atoms. The first-order chi connectivity index (χ1) is 8.28. The maximum absolute atomic E-state index is 8.70. The molecular weight excluding hydrogens is 214 g/mol. The van der Waals surface area contributed by atoms with Gasteiger partial charge in [-0.3, -0.25) is 4.98 Å². The first-order valence-corrected chi connectivity index (χ1v) is 5.93. The third-order valence-electron chi connectivity index (χ3n) is 3.15. The molecule has 1 aliphatic carbocycles. The first-order valence-electron chi connectivity index (χ1n) is 5.93. The van der Waals surface area contributed by atoms with Gasteiger partial charge in [0.1, 0.15) is 5.75 Å². The van der Waals surface area contributed by atoms with Crippen molar-refractivity contribution in [3.63, 3.8) is 0 Å². The van der Waals surface area contributed by atoms with Gasteiger partial charge in [-0.1, -0.05) is 0 Å². The lowest BCUT2D eigenvalue weighted by atomic mass is 10.1. The van der Waals surface area contributed by atoms with Gasteiger partial charge in [-0.05, 0) is 31.5 Å². The predicted octanol–water partition coefficient (Wildman–Crippen LogP) is 1.66.